The first-order valence-corrected chi connectivity index (χ1v) is 12.5. The van der Waals surface area contributed by atoms with Crippen molar-refractivity contribution in [3.63, 3.8) is 0 Å². The van der Waals surface area contributed by atoms with E-state index in [-0.39, 0.29) is 16.8 Å². The monoisotopic (exact) mass is 479 g/mol. The van der Waals surface area contributed by atoms with E-state index in [1.807, 2.05) is 20.8 Å². The van der Waals surface area contributed by atoms with Gasteiger partial charge in [0.15, 0.2) is 0 Å². The number of benzene rings is 3. The summed E-state index contributed by atoms with van der Waals surface area (Å²) in [7, 11) is -4.01. The van der Waals surface area contributed by atoms with Crippen LogP contribution in [0.5, 0.6) is 0 Å². The maximum Gasteiger partial charge on any atom is 0.264 e. The minimum Gasteiger partial charge on any atom is -0.350 e. The van der Waals surface area contributed by atoms with Crippen LogP contribution in [0.25, 0.3) is 0 Å². The van der Waals surface area contributed by atoms with Gasteiger partial charge in [-0.15, -0.1) is 0 Å². The van der Waals surface area contributed by atoms with Crippen molar-refractivity contribution in [2.24, 2.45) is 0 Å². The smallest absolute Gasteiger partial charge is 0.264 e. The predicted octanol–water partition coefficient (Wildman–Crippen LogP) is 4.36. The van der Waals surface area contributed by atoms with E-state index in [1.165, 1.54) is 12.1 Å². The van der Waals surface area contributed by atoms with Gasteiger partial charge in [0.1, 0.15) is 6.54 Å². The van der Waals surface area contributed by atoms with Gasteiger partial charge in [-0.3, -0.25) is 13.9 Å². The minimum absolute atomic E-state index is 0.0238. The summed E-state index contributed by atoms with van der Waals surface area (Å²) in [5.74, 6) is -0.874. The second-order valence-corrected chi connectivity index (χ2v) is 9.90. The van der Waals surface area contributed by atoms with Crippen molar-refractivity contribution in [2.75, 3.05) is 16.2 Å². The molecule has 3 rings (SSSR count). The Hall–Kier alpha value is -3.65. The molecule has 1 atom stereocenters. The third-order valence-corrected chi connectivity index (χ3v) is 7.16. The zero-order valence-corrected chi connectivity index (χ0v) is 20.3. The molecule has 0 radical (unpaired) electrons. The summed E-state index contributed by atoms with van der Waals surface area (Å²) >= 11 is 0. The van der Waals surface area contributed by atoms with Crippen LogP contribution in [0.3, 0.4) is 0 Å². The highest BCUT2D eigenvalue weighted by atomic mass is 32.2. The van der Waals surface area contributed by atoms with Crippen molar-refractivity contribution in [3.8, 4) is 0 Å². The summed E-state index contributed by atoms with van der Waals surface area (Å²) in [6.45, 7) is 5.30. The number of nitrogens with one attached hydrogen (secondary N) is 2. The van der Waals surface area contributed by atoms with Crippen LogP contribution in [0.1, 0.15) is 36.2 Å². The second kappa shape index (κ2) is 11.0. The van der Waals surface area contributed by atoms with E-state index in [0.29, 0.717) is 16.9 Å². The molecule has 0 aromatic heterocycles. The molecule has 0 aliphatic heterocycles. The lowest BCUT2D eigenvalue weighted by atomic mass is 10.1. The number of para-hydroxylation sites is 1. The van der Waals surface area contributed by atoms with E-state index in [9.17, 15) is 18.0 Å². The molecule has 0 fully saturated rings. The van der Waals surface area contributed by atoms with E-state index in [0.717, 1.165) is 16.3 Å². The molecule has 3 aromatic rings. The van der Waals surface area contributed by atoms with E-state index in [1.54, 1.807) is 66.7 Å². The van der Waals surface area contributed by atoms with Gasteiger partial charge in [0.05, 0.1) is 21.8 Å². The van der Waals surface area contributed by atoms with Crippen LogP contribution < -0.4 is 14.9 Å². The largest absolute Gasteiger partial charge is 0.350 e. The van der Waals surface area contributed by atoms with Gasteiger partial charge in [0, 0.05) is 6.04 Å². The van der Waals surface area contributed by atoms with Gasteiger partial charge in [-0.2, -0.15) is 0 Å². The van der Waals surface area contributed by atoms with Crippen LogP contribution in [-0.2, 0) is 14.8 Å². The van der Waals surface area contributed by atoms with Crippen LogP contribution in [0.15, 0.2) is 83.8 Å². The standard InChI is InChI=1S/C26H29N3O4S/c1-4-20(3)27-26(31)23-12-8-9-13-24(23)28-25(30)18-29(21-16-14-19(2)15-17-21)34(32,33)22-10-6-5-7-11-22/h5-17,20H,4,18H2,1-3H3,(H,27,31)(H,28,30)/t20-/m1/s1. The molecule has 0 unspecified atom stereocenters. The van der Waals surface area contributed by atoms with E-state index in [4.69, 9.17) is 0 Å². The number of anilines is 2. The van der Waals surface area contributed by atoms with Crippen molar-refractivity contribution >= 4 is 33.2 Å². The number of nitrogens with zero attached hydrogens (tertiary/aromatic N) is 1. The molecule has 0 saturated carbocycles. The molecule has 2 amide bonds. The average Bonchev–Trinajstić information content (AvgIpc) is 2.84. The third-order valence-electron chi connectivity index (χ3n) is 5.38. The summed E-state index contributed by atoms with van der Waals surface area (Å²) in [6, 6.07) is 21.5. The topological polar surface area (TPSA) is 95.6 Å². The molecule has 0 aliphatic carbocycles. The molecule has 34 heavy (non-hydrogen) atoms. The number of hydrogen-bond donors (Lipinski definition) is 2. The molecular weight excluding hydrogens is 450 g/mol. The lowest BCUT2D eigenvalue weighted by molar-refractivity contribution is -0.114. The van der Waals surface area contributed by atoms with Crippen molar-refractivity contribution < 1.29 is 18.0 Å². The van der Waals surface area contributed by atoms with Crippen LogP contribution in [0.4, 0.5) is 11.4 Å². The van der Waals surface area contributed by atoms with Gasteiger partial charge in [-0.1, -0.05) is 55.0 Å². The molecule has 8 heteroatoms. The number of carbonyl (C=O) groups is 2. The molecule has 0 heterocycles. The number of aryl methyl sites for hydroxylation is 1. The molecule has 0 spiro atoms. The van der Waals surface area contributed by atoms with Gasteiger partial charge in [-0.05, 0) is 56.7 Å². The number of sulfonamides is 1. The summed E-state index contributed by atoms with van der Waals surface area (Å²) in [6.07, 6.45) is 0.767. The maximum absolute atomic E-state index is 13.4. The molecular formula is C26H29N3O4S. The summed E-state index contributed by atoms with van der Waals surface area (Å²) in [5, 5.41) is 5.59. The van der Waals surface area contributed by atoms with Crippen LogP contribution >= 0.6 is 0 Å². The van der Waals surface area contributed by atoms with Crippen molar-refractivity contribution in [2.45, 2.75) is 38.1 Å². The Balaban J connectivity index is 1.89. The van der Waals surface area contributed by atoms with Crippen molar-refractivity contribution in [3.05, 3.63) is 90.0 Å². The van der Waals surface area contributed by atoms with Crippen LogP contribution in [0.2, 0.25) is 0 Å². The Bertz CT molecular complexity index is 1240. The van der Waals surface area contributed by atoms with Gasteiger partial charge >= 0.3 is 0 Å². The molecule has 2 N–H and O–H groups in total. The SMILES string of the molecule is CC[C@@H](C)NC(=O)c1ccccc1NC(=O)CN(c1ccc(C)cc1)S(=O)(=O)c1ccccc1. The zero-order valence-electron chi connectivity index (χ0n) is 19.5. The normalized spacial score (nSPS) is 12.0. The summed E-state index contributed by atoms with van der Waals surface area (Å²) in [5.41, 5.74) is 1.96. The van der Waals surface area contributed by atoms with Crippen molar-refractivity contribution in [1.82, 2.24) is 5.32 Å². The highest BCUT2D eigenvalue weighted by Crippen LogP contribution is 2.24. The van der Waals surface area contributed by atoms with Crippen molar-refractivity contribution in [1.29, 1.82) is 0 Å². The zero-order chi connectivity index (χ0) is 24.7. The Kier molecular flexibility index (Phi) is 8.07. The fraction of sp³-hybridized carbons (Fsp3) is 0.231. The Morgan fingerprint density at radius 3 is 2.18 bits per heavy atom. The fourth-order valence-electron chi connectivity index (χ4n) is 3.26. The molecule has 178 valence electrons. The highest BCUT2D eigenvalue weighted by Gasteiger charge is 2.27. The Morgan fingerprint density at radius 2 is 1.53 bits per heavy atom. The van der Waals surface area contributed by atoms with Gasteiger partial charge in [0.2, 0.25) is 5.91 Å². The minimum atomic E-state index is -4.01. The van der Waals surface area contributed by atoms with E-state index >= 15 is 0 Å². The average molecular weight is 480 g/mol. The van der Waals surface area contributed by atoms with Crippen LogP contribution in [-0.4, -0.2) is 32.8 Å². The molecule has 3 aromatic carbocycles. The fourth-order valence-corrected chi connectivity index (χ4v) is 4.70. The third kappa shape index (κ3) is 6.02. The van der Waals surface area contributed by atoms with Gasteiger partial charge < -0.3 is 10.6 Å². The molecule has 0 bridgehead atoms. The quantitative estimate of drug-likeness (QED) is 0.477. The summed E-state index contributed by atoms with van der Waals surface area (Å²) in [4.78, 5) is 25.8. The van der Waals surface area contributed by atoms with E-state index in [2.05, 4.69) is 10.6 Å². The number of carbonyl (C=O) groups excluding carboxylic acids is 2. The van der Waals surface area contributed by atoms with E-state index < -0.39 is 22.5 Å². The number of rotatable bonds is 9. The molecule has 0 aliphatic rings. The second-order valence-electron chi connectivity index (χ2n) is 8.04. The van der Waals surface area contributed by atoms with Gasteiger partial charge in [0.25, 0.3) is 15.9 Å². The Labute approximate surface area is 200 Å². The first-order chi connectivity index (χ1) is 16.2. The lowest BCUT2D eigenvalue weighted by Crippen LogP contribution is -2.38. The Morgan fingerprint density at radius 1 is 0.912 bits per heavy atom. The first-order valence-electron chi connectivity index (χ1n) is 11.1. The highest BCUT2D eigenvalue weighted by molar-refractivity contribution is 7.92. The maximum atomic E-state index is 13.4. The lowest BCUT2D eigenvalue weighted by Gasteiger charge is -2.24. The molecule has 0 saturated heterocycles. The predicted molar refractivity (Wildman–Crippen MR) is 134 cm³/mol. The van der Waals surface area contributed by atoms with Crippen LogP contribution in [0, 0.1) is 6.92 Å². The summed E-state index contributed by atoms with van der Waals surface area (Å²) < 4.78 is 27.9. The number of amides is 2. The molecule has 7 nitrogen and oxygen atoms in total. The van der Waals surface area contributed by atoms with Gasteiger partial charge in [-0.25, -0.2) is 8.42 Å². The first kappa shape index (κ1) is 25.0. The number of hydrogen-bond acceptors (Lipinski definition) is 4.